The number of benzene rings is 1. The molecule has 28 heavy (non-hydrogen) atoms. The number of methoxy groups -OCH3 is 1. The van der Waals surface area contributed by atoms with Crippen molar-refractivity contribution in [3.05, 3.63) is 54.6 Å². The van der Waals surface area contributed by atoms with Crippen molar-refractivity contribution in [1.82, 2.24) is 9.55 Å². The highest BCUT2D eigenvalue weighted by Gasteiger charge is 2.27. The number of aromatic amines is 1. The molecule has 0 aliphatic carbocycles. The molecule has 0 saturated heterocycles. The van der Waals surface area contributed by atoms with Gasteiger partial charge < -0.3 is 10.5 Å². The zero-order valence-corrected chi connectivity index (χ0v) is 17.3. The molecule has 2 aromatic rings. The number of rotatable bonds is 7. The highest BCUT2D eigenvalue weighted by molar-refractivity contribution is 6.44. The van der Waals surface area contributed by atoms with Gasteiger partial charge in [-0.1, -0.05) is 43.1 Å². The molecule has 1 aromatic heterocycles. The van der Waals surface area contributed by atoms with Crippen molar-refractivity contribution in [2.75, 3.05) is 30.9 Å². The number of H-pyrrole nitrogens is 1. The third-order valence-corrected chi connectivity index (χ3v) is 4.80. The van der Waals surface area contributed by atoms with Gasteiger partial charge in [0.1, 0.15) is 5.82 Å². The summed E-state index contributed by atoms with van der Waals surface area (Å²) in [7, 11) is 1.46. The van der Waals surface area contributed by atoms with Gasteiger partial charge in [-0.05, 0) is 18.1 Å². The molecule has 0 aliphatic rings. The lowest BCUT2D eigenvalue weighted by Crippen LogP contribution is -2.43. The van der Waals surface area contributed by atoms with Crippen LogP contribution in [0.5, 0.6) is 0 Å². The van der Waals surface area contributed by atoms with Gasteiger partial charge >= 0.3 is 5.69 Å². The largest absolute Gasteiger partial charge is 0.383 e. The highest BCUT2D eigenvalue weighted by Crippen LogP contribution is 2.28. The monoisotopic (exact) mass is 428 g/mol. The summed E-state index contributed by atoms with van der Waals surface area (Å²) in [6.45, 7) is 4.22. The summed E-state index contributed by atoms with van der Waals surface area (Å²) >= 11 is 12.2. The van der Waals surface area contributed by atoms with E-state index in [1.807, 2.05) is 13.8 Å². The smallest absolute Gasteiger partial charge is 0.330 e. The molecule has 10 heteroatoms. The first-order chi connectivity index (χ1) is 13.2. The molecule has 8 nitrogen and oxygen atoms in total. The predicted octanol–water partition coefficient (Wildman–Crippen LogP) is 2.37. The quantitative estimate of drug-likeness (QED) is 0.702. The van der Waals surface area contributed by atoms with Crippen LogP contribution in [0.2, 0.25) is 10.0 Å². The number of ether oxygens (including phenoxy) is 1. The molecule has 1 amide bonds. The van der Waals surface area contributed by atoms with Gasteiger partial charge in [0.25, 0.3) is 11.5 Å². The number of halogens is 2. The normalized spacial score (nSPS) is 11.1. The summed E-state index contributed by atoms with van der Waals surface area (Å²) in [6, 6.07) is 4.61. The predicted molar refractivity (Wildman–Crippen MR) is 111 cm³/mol. The minimum atomic E-state index is -0.773. The maximum absolute atomic E-state index is 13.2. The van der Waals surface area contributed by atoms with Crippen molar-refractivity contribution in [3.8, 4) is 0 Å². The summed E-state index contributed by atoms with van der Waals surface area (Å²) in [5, 5.41) is 0.257. The molecule has 0 atom stereocenters. The Morgan fingerprint density at radius 2 is 2.00 bits per heavy atom. The summed E-state index contributed by atoms with van der Waals surface area (Å²) < 4.78 is 6.29. The van der Waals surface area contributed by atoms with Gasteiger partial charge in [-0.15, -0.1) is 0 Å². The summed E-state index contributed by atoms with van der Waals surface area (Å²) in [5.41, 5.74) is 4.69. The van der Waals surface area contributed by atoms with Crippen molar-refractivity contribution in [1.29, 1.82) is 0 Å². The van der Waals surface area contributed by atoms with E-state index >= 15 is 0 Å². The Morgan fingerprint density at radius 3 is 2.61 bits per heavy atom. The van der Waals surface area contributed by atoms with Crippen molar-refractivity contribution in [2.24, 2.45) is 5.92 Å². The van der Waals surface area contributed by atoms with E-state index in [9.17, 15) is 14.4 Å². The van der Waals surface area contributed by atoms with Crippen LogP contribution >= 0.6 is 23.2 Å². The zero-order chi connectivity index (χ0) is 21.0. The highest BCUT2D eigenvalue weighted by atomic mass is 35.5. The SMILES string of the molecule is COCCN(C(=O)c1cccc(Cl)c1Cl)c1c(N)n(CC(C)C)c(=O)[nH]c1=O. The molecule has 2 rings (SSSR count). The standard InChI is InChI=1S/C18H22Cl2N4O4/c1-10(2)9-24-15(21)14(16(25)22-18(24)27)23(7-8-28-3)17(26)11-5-4-6-12(19)13(11)20/h4-6,10H,7-9,21H2,1-3H3,(H,22,25,27). The number of carbonyl (C=O) groups excluding carboxylic acids is 1. The Balaban J connectivity index is 2.66. The van der Waals surface area contributed by atoms with Crippen LogP contribution in [0.1, 0.15) is 24.2 Å². The molecule has 1 heterocycles. The summed E-state index contributed by atoms with van der Waals surface area (Å²) in [4.78, 5) is 41.3. The van der Waals surface area contributed by atoms with Crippen LogP contribution in [0.15, 0.2) is 27.8 Å². The maximum atomic E-state index is 13.2. The van der Waals surface area contributed by atoms with Crippen LogP contribution in [-0.2, 0) is 11.3 Å². The van der Waals surface area contributed by atoms with Gasteiger partial charge in [0.2, 0.25) is 0 Å². The van der Waals surface area contributed by atoms with Crippen molar-refractivity contribution >= 4 is 40.6 Å². The minimum absolute atomic E-state index is 0.0192. The van der Waals surface area contributed by atoms with E-state index in [0.29, 0.717) is 0 Å². The fourth-order valence-electron chi connectivity index (χ4n) is 2.70. The molecule has 0 fully saturated rings. The Hall–Kier alpha value is -2.29. The van der Waals surface area contributed by atoms with E-state index in [-0.39, 0.29) is 52.7 Å². The maximum Gasteiger partial charge on any atom is 0.330 e. The summed E-state index contributed by atoms with van der Waals surface area (Å²) in [5.74, 6) is -0.606. The number of hydrogen-bond donors (Lipinski definition) is 2. The van der Waals surface area contributed by atoms with Crippen molar-refractivity contribution in [3.63, 3.8) is 0 Å². The average molecular weight is 429 g/mol. The van der Waals surface area contributed by atoms with Crippen LogP contribution < -0.4 is 21.9 Å². The number of aromatic nitrogens is 2. The minimum Gasteiger partial charge on any atom is -0.383 e. The van der Waals surface area contributed by atoms with E-state index in [1.54, 1.807) is 12.1 Å². The number of nitrogens with two attached hydrogens (primary N) is 1. The molecule has 152 valence electrons. The number of anilines is 2. The second kappa shape index (κ2) is 9.27. The molecule has 1 aromatic carbocycles. The van der Waals surface area contributed by atoms with Crippen LogP contribution in [0, 0.1) is 5.92 Å². The topological polar surface area (TPSA) is 110 Å². The van der Waals surface area contributed by atoms with Crippen LogP contribution in [0.4, 0.5) is 11.5 Å². The van der Waals surface area contributed by atoms with Gasteiger partial charge in [0, 0.05) is 20.2 Å². The second-order valence-electron chi connectivity index (χ2n) is 6.55. The number of nitrogen functional groups attached to an aromatic ring is 1. The lowest BCUT2D eigenvalue weighted by atomic mass is 10.1. The van der Waals surface area contributed by atoms with Crippen molar-refractivity contribution in [2.45, 2.75) is 20.4 Å². The van der Waals surface area contributed by atoms with Crippen LogP contribution in [0.3, 0.4) is 0 Å². The molecule has 0 radical (unpaired) electrons. The van der Waals surface area contributed by atoms with Gasteiger partial charge in [-0.3, -0.25) is 24.0 Å². The van der Waals surface area contributed by atoms with E-state index < -0.39 is 17.2 Å². The molecule has 3 N–H and O–H groups in total. The molecule has 0 bridgehead atoms. The molecular formula is C18H22Cl2N4O4. The number of carbonyl (C=O) groups is 1. The molecule has 0 aliphatic heterocycles. The lowest BCUT2D eigenvalue weighted by Gasteiger charge is -2.25. The molecule has 0 saturated carbocycles. The number of hydrogen-bond acceptors (Lipinski definition) is 5. The Morgan fingerprint density at radius 1 is 1.32 bits per heavy atom. The molecular weight excluding hydrogens is 407 g/mol. The van der Waals surface area contributed by atoms with Gasteiger partial charge in [-0.25, -0.2) is 4.79 Å². The molecule has 0 spiro atoms. The Bertz CT molecular complexity index is 985. The van der Waals surface area contributed by atoms with Gasteiger partial charge in [-0.2, -0.15) is 0 Å². The summed E-state index contributed by atoms with van der Waals surface area (Å²) in [6.07, 6.45) is 0. The first kappa shape index (κ1) is 22.0. The van der Waals surface area contributed by atoms with Crippen LogP contribution in [0.25, 0.3) is 0 Å². The Labute approximate surface area is 171 Å². The Kier molecular flexibility index (Phi) is 7.29. The fourth-order valence-corrected chi connectivity index (χ4v) is 3.08. The number of amides is 1. The second-order valence-corrected chi connectivity index (χ2v) is 7.33. The zero-order valence-electron chi connectivity index (χ0n) is 15.8. The van der Waals surface area contributed by atoms with E-state index in [0.717, 1.165) is 4.90 Å². The number of nitrogens with one attached hydrogen (secondary N) is 1. The fraction of sp³-hybridized carbons (Fsp3) is 0.389. The number of nitrogens with zero attached hydrogens (tertiary/aromatic N) is 2. The lowest BCUT2D eigenvalue weighted by molar-refractivity contribution is 0.0975. The average Bonchev–Trinajstić information content (AvgIpc) is 2.62. The van der Waals surface area contributed by atoms with Gasteiger partial charge in [0.15, 0.2) is 5.69 Å². The van der Waals surface area contributed by atoms with Crippen molar-refractivity contribution < 1.29 is 9.53 Å². The van der Waals surface area contributed by atoms with E-state index in [2.05, 4.69) is 4.98 Å². The van der Waals surface area contributed by atoms with Gasteiger partial charge in [0.05, 0.1) is 22.2 Å². The third-order valence-electron chi connectivity index (χ3n) is 3.98. The van der Waals surface area contributed by atoms with E-state index in [1.165, 1.54) is 17.7 Å². The molecule has 0 unspecified atom stereocenters. The van der Waals surface area contributed by atoms with E-state index in [4.69, 9.17) is 33.7 Å². The van der Waals surface area contributed by atoms with Crippen LogP contribution in [-0.4, -0.2) is 35.7 Å². The first-order valence-corrected chi connectivity index (χ1v) is 9.32. The first-order valence-electron chi connectivity index (χ1n) is 8.56. The third kappa shape index (κ3) is 4.57.